The molecule has 0 bridgehead atoms. The summed E-state index contributed by atoms with van der Waals surface area (Å²) in [5.74, 6) is 1.99. The van der Waals surface area contributed by atoms with Crippen LogP contribution in [0.15, 0.2) is 48.5 Å². The Morgan fingerprint density at radius 3 is 2.59 bits per heavy atom. The number of likely N-dealkylation sites (N-methyl/N-ethyl adjacent to an activating group) is 1. The number of ether oxygens (including phenoxy) is 2. The van der Waals surface area contributed by atoms with Gasteiger partial charge in [-0.25, -0.2) is 4.39 Å². The summed E-state index contributed by atoms with van der Waals surface area (Å²) in [6.07, 6.45) is 0. The molecule has 9 heteroatoms. The first-order chi connectivity index (χ1) is 14.0. The van der Waals surface area contributed by atoms with Gasteiger partial charge in [0.25, 0.3) is 0 Å². The molecule has 0 aliphatic carbocycles. The Balaban J connectivity index is 1.58. The van der Waals surface area contributed by atoms with E-state index in [1.54, 1.807) is 19.2 Å². The fourth-order valence-corrected chi connectivity index (χ4v) is 2.60. The van der Waals surface area contributed by atoms with Crippen molar-refractivity contribution in [3.63, 3.8) is 0 Å². The molecule has 1 aromatic heterocycles. The van der Waals surface area contributed by atoms with Gasteiger partial charge in [-0.05, 0) is 43.4 Å². The highest BCUT2D eigenvalue weighted by molar-refractivity contribution is 5.62. The molecule has 0 saturated carbocycles. The van der Waals surface area contributed by atoms with Gasteiger partial charge in [-0.3, -0.25) is 4.90 Å². The molecule has 8 nitrogen and oxygen atoms in total. The first kappa shape index (κ1) is 20.3. The van der Waals surface area contributed by atoms with Crippen LogP contribution in [0.1, 0.15) is 5.82 Å². The summed E-state index contributed by atoms with van der Waals surface area (Å²) in [7, 11) is 3.51. The topological polar surface area (TPSA) is 98.4 Å². The first-order valence-electron chi connectivity index (χ1n) is 9.01. The van der Waals surface area contributed by atoms with Gasteiger partial charge in [-0.2, -0.15) is 15.0 Å². The van der Waals surface area contributed by atoms with Crippen LogP contribution in [-0.4, -0.2) is 47.2 Å². The number of anilines is 3. The van der Waals surface area contributed by atoms with E-state index in [9.17, 15) is 4.39 Å². The van der Waals surface area contributed by atoms with Gasteiger partial charge in [-0.15, -0.1) is 0 Å². The molecule has 29 heavy (non-hydrogen) atoms. The maximum Gasteiger partial charge on any atom is 0.232 e. The number of nitrogens with zero attached hydrogens (tertiary/aromatic N) is 4. The number of nitrogens with two attached hydrogens (primary N) is 1. The van der Waals surface area contributed by atoms with Crippen LogP contribution in [0, 0.1) is 5.82 Å². The van der Waals surface area contributed by atoms with E-state index >= 15 is 0 Å². The van der Waals surface area contributed by atoms with Crippen molar-refractivity contribution in [3.05, 3.63) is 60.2 Å². The minimum atomic E-state index is -0.292. The van der Waals surface area contributed by atoms with Gasteiger partial charge in [0.05, 0.1) is 19.3 Å². The Bertz CT molecular complexity index is 939. The number of nitrogens with one attached hydrogen (secondary N) is 1. The Hall–Kier alpha value is -3.46. The summed E-state index contributed by atoms with van der Waals surface area (Å²) in [5.41, 5.74) is 6.57. The molecule has 3 rings (SSSR count). The molecular weight excluding hydrogens is 375 g/mol. The van der Waals surface area contributed by atoms with Crippen LogP contribution in [0.3, 0.4) is 0 Å². The normalized spacial score (nSPS) is 10.8. The fraction of sp³-hybridized carbons (Fsp3) is 0.250. The number of rotatable bonds is 9. The molecule has 0 aliphatic rings. The van der Waals surface area contributed by atoms with Crippen molar-refractivity contribution in [1.82, 2.24) is 19.9 Å². The van der Waals surface area contributed by atoms with E-state index in [4.69, 9.17) is 15.2 Å². The summed E-state index contributed by atoms with van der Waals surface area (Å²) in [6, 6.07) is 13.4. The molecule has 3 aromatic rings. The van der Waals surface area contributed by atoms with E-state index in [1.807, 2.05) is 36.2 Å². The summed E-state index contributed by atoms with van der Waals surface area (Å²) in [6.45, 7) is 1.52. The zero-order valence-corrected chi connectivity index (χ0v) is 16.3. The molecule has 0 saturated heterocycles. The summed E-state index contributed by atoms with van der Waals surface area (Å²) >= 11 is 0. The van der Waals surface area contributed by atoms with Gasteiger partial charge in [0.15, 0.2) is 0 Å². The number of hydrogen-bond donors (Lipinski definition) is 2. The zero-order valence-electron chi connectivity index (χ0n) is 16.3. The molecule has 3 N–H and O–H groups in total. The number of hydrogen-bond acceptors (Lipinski definition) is 8. The van der Waals surface area contributed by atoms with E-state index < -0.39 is 0 Å². The van der Waals surface area contributed by atoms with Crippen LogP contribution in [0.25, 0.3) is 0 Å². The number of nitrogen functional groups attached to an aromatic ring is 1. The maximum absolute atomic E-state index is 12.9. The lowest BCUT2D eigenvalue weighted by Gasteiger charge is -2.17. The lowest BCUT2D eigenvalue weighted by atomic mass is 10.3. The van der Waals surface area contributed by atoms with Gasteiger partial charge >= 0.3 is 0 Å². The molecule has 0 atom stereocenters. The van der Waals surface area contributed by atoms with Gasteiger partial charge in [0, 0.05) is 6.54 Å². The van der Waals surface area contributed by atoms with E-state index in [-0.39, 0.29) is 11.8 Å². The van der Waals surface area contributed by atoms with Crippen molar-refractivity contribution in [2.75, 3.05) is 38.4 Å². The maximum atomic E-state index is 12.9. The van der Waals surface area contributed by atoms with Gasteiger partial charge in [-0.1, -0.05) is 12.1 Å². The number of aromatic nitrogens is 3. The third-order valence-electron chi connectivity index (χ3n) is 4.02. The second-order valence-electron chi connectivity index (χ2n) is 6.30. The highest BCUT2D eigenvalue weighted by Crippen LogP contribution is 2.25. The summed E-state index contributed by atoms with van der Waals surface area (Å²) in [4.78, 5) is 14.7. The Kier molecular flexibility index (Phi) is 6.75. The number of benzene rings is 2. The lowest BCUT2D eigenvalue weighted by molar-refractivity contribution is 0.229. The van der Waals surface area contributed by atoms with E-state index in [0.717, 1.165) is 5.69 Å². The van der Waals surface area contributed by atoms with Gasteiger partial charge in [0.1, 0.15) is 29.7 Å². The second-order valence-corrected chi connectivity index (χ2v) is 6.30. The van der Waals surface area contributed by atoms with Crippen LogP contribution in [0.4, 0.5) is 22.0 Å². The Morgan fingerprint density at radius 1 is 1.07 bits per heavy atom. The van der Waals surface area contributed by atoms with Crippen LogP contribution in [0.5, 0.6) is 11.5 Å². The summed E-state index contributed by atoms with van der Waals surface area (Å²) < 4.78 is 23.9. The smallest absolute Gasteiger partial charge is 0.232 e. The van der Waals surface area contributed by atoms with Crippen molar-refractivity contribution in [2.24, 2.45) is 0 Å². The molecule has 0 aliphatic heterocycles. The van der Waals surface area contributed by atoms with Crippen LogP contribution >= 0.6 is 0 Å². The highest BCUT2D eigenvalue weighted by Gasteiger charge is 2.10. The molecular formula is C20H23FN6O2. The Morgan fingerprint density at radius 2 is 1.83 bits per heavy atom. The van der Waals surface area contributed by atoms with Crippen LogP contribution < -0.4 is 20.5 Å². The predicted octanol–water partition coefficient (Wildman–Crippen LogP) is 2.86. The molecule has 0 spiro atoms. The molecule has 2 aromatic carbocycles. The van der Waals surface area contributed by atoms with Crippen molar-refractivity contribution in [3.8, 4) is 11.5 Å². The average Bonchev–Trinajstić information content (AvgIpc) is 2.69. The van der Waals surface area contributed by atoms with E-state index in [0.29, 0.717) is 43.0 Å². The minimum Gasteiger partial charge on any atom is -0.495 e. The third kappa shape index (κ3) is 6.01. The molecule has 0 fully saturated rings. The average molecular weight is 398 g/mol. The Labute approximate surface area is 168 Å². The standard InChI is InChI=1S/C20H23FN6O2/c1-27(11-12-29-15-9-7-14(21)8-10-15)13-18-24-19(22)26-20(25-18)23-16-5-3-4-6-17(16)28-2/h3-10H,11-13H2,1-2H3,(H3,22,23,24,25,26). The first-order valence-corrected chi connectivity index (χ1v) is 9.01. The zero-order chi connectivity index (χ0) is 20.6. The largest absolute Gasteiger partial charge is 0.495 e. The second kappa shape index (κ2) is 9.65. The SMILES string of the molecule is COc1ccccc1Nc1nc(N)nc(CN(C)CCOc2ccc(F)cc2)n1. The summed E-state index contributed by atoms with van der Waals surface area (Å²) in [5, 5.41) is 3.11. The third-order valence-corrected chi connectivity index (χ3v) is 4.02. The van der Waals surface area contributed by atoms with Gasteiger partial charge in [0.2, 0.25) is 11.9 Å². The highest BCUT2D eigenvalue weighted by atomic mass is 19.1. The monoisotopic (exact) mass is 398 g/mol. The van der Waals surface area contributed by atoms with Crippen molar-refractivity contribution >= 4 is 17.6 Å². The van der Waals surface area contributed by atoms with Gasteiger partial charge < -0.3 is 20.5 Å². The minimum absolute atomic E-state index is 0.128. The van der Waals surface area contributed by atoms with Crippen molar-refractivity contribution in [1.29, 1.82) is 0 Å². The molecule has 152 valence electrons. The lowest BCUT2D eigenvalue weighted by Crippen LogP contribution is -2.25. The molecule has 0 unspecified atom stereocenters. The van der Waals surface area contributed by atoms with Crippen LogP contribution in [-0.2, 0) is 6.54 Å². The number of halogens is 1. The molecule has 1 heterocycles. The predicted molar refractivity (Wildman–Crippen MR) is 109 cm³/mol. The molecule has 0 amide bonds. The molecule has 0 radical (unpaired) electrons. The van der Waals surface area contributed by atoms with E-state index in [2.05, 4.69) is 20.3 Å². The number of methoxy groups -OCH3 is 1. The van der Waals surface area contributed by atoms with Crippen molar-refractivity contribution < 1.29 is 13.9 Å². The van der Waals surface area contributed by atoms with E-state index in [1.165, 1.54) is 12.1 Å². The van der Waals surface area contributed by atoms with Crippen LogP contribution in [0.2, 0.25) is 0 Å². The number of para-hydroxylation sites is 2. The quantitative estimate of drug-likeness (QED) is 0.568. The fourth-order valence-electron chi connectivity index (χ4n) is 2.60. The van der Waals surface area contributed by atoms with Crippen molar-refractivity contribution in [2.45, 2.75) is 6.54 Å².